The molecule has 0 radical (unpaired) electrons. The van der Waals surface area contributed by atoms with Gasteiger partial charge in [-0.25, -0.2) is 8.42 Å². The predicted octanol–water partition coefficient (Wildman–Crippen LogP) is 6.16. The van der Waals surface area contributed by atoms with Crippen molar-refractivity contribution in [3.8, 4) is 5.75 Å². The van der Waals surface area contributed by atoms with Crippen molar-refractivity contribution in [2.45, 2.75) is 61.6 Å². The molecule has 0 aliphatic rings. The average molecular weight is 505 g/mol. The largest absolute Gasteiger partial charge is 0.379 e. The second-order valence-electron chi connectivity index (χ2n) is 9.06. The quantitative estimate of drug-likeness (QED) is 0.296. The Kier molecular flexibility index (Phi) is 7.03. The van der Waals surface area contributed by atoms with Crippen LogP contribution in [0.2, 0.25) is 0 Å². The third kappa shape index (κ3) is 5.99. The molecule has 0 fully saturated rings. The molecule has 0 N–H and O–H groups in total. The molecule has 0 aliphatic heterocycles. The Bertz CT molecular complexity index is 1370. The summed E-state index contributed by atoms with van der Waals surface area (Å²) in [6.07, 6.45) is 0. The summed E-state index contributed by atoms with van der Waals surface area (Å²) in [7, 11) is -6.94. The van der Waals surface area contributed by atoms with Gasteiger partial charge in [0.25, 0.3) is 0 Å². The van der Waals surface area contributed by atoms with Crippen molar-refractivity contribution in [3.05, 3.63) is 82.9 Å². The zero-order valence-electron chi connectivity index (χ0n) is 19.5. The summed E-state index contributed by atoms with van der Waals surface area (Å²) >= 11 is 0. The van der Waals surface area contributed by atoms with Gasteiger partial charge in [-0.3, -0.25) is 0 Å². The minimum atomic E-state index is -4.03. The van der Waals surface area contributed by atoms with Crippen LogP contribution in [0.4, 0.5) is 0 Å². The van der Waals surface area contributed by atoms with Crippen LogP contribution in [-0.4, -0.2) is 16.8 Å². The van der Waals surface area contributed by atoms with E-state index in [1.54, 1.807) is 55.5 Å². The molecule has 0 aliphatic carbocycles. The van der Waals surface area contributed by atoms with Crippen LogP contribution >= 0.6 is 10.8 Å². The molecule has 33 heavy (non-hydrogen) atoms. The van der Waals surface area contributed by atoms with Gasteiger partial charge >= 0.3 is 10.1 Å². The van der Waals surface area contributed by atoms with E-state index in [1.165, 1.54) is 12.1 Å². The van der Waals surface area contributed by atoms with Gasteiger partial charge in [-0.05, 0) is 73.7 Å². The highest BCUT2D eigenvalue weighted by molar-refractivity contribution is 8.72. The first-order valence-electron chi connectivity index (χ1n) is 10.4. The lowest BCUT2D eigenvalue weighted by Crippen LogP contribution is -2.16. The van der Waals surface area contributed by atoms with Crippen molar-refractivity contribution in [2.75, 3.05) is 0 Å². The van der Waals surface area contributed by atoms with Crippen molar-refractivity contribution in [1.82, 2.24) is 0 Å². The zero-order chi connectivity index (χ0) is 24.6. The molecule has 8 heteroatoms. The summed E-state index contributed by atoms with van der Waals surface area (Å²) in [6, 6.07) is 16.4. The van der Waals surface area contributed by atoms with Crippen molar-refractivity contribution < 1.29 is 21.0 Å². The van der Waals surface area contributed by atoms with E-state index in [2.05, 4.69) is 0 Å². The summed E-state index contributed by atoms with van der Waals surface area (Å²) in [5.74, 6) is 0.178. The number of hydrogen-bond acceptors (Lipinski definition) is 6. The van der Waals surface area contributed by atoms with E-state index in [0.717, 1.165) is 21.9 Å². The lowest BCUT2D eigenvalue weighted by atomic mass is 9.86. The number of aryl methyl sites for hydroxylation is 3. The topological polar surface area (TPSA) is 77.5 Å². The third-order valence-electron chi connectivity index (χ3n) is 5.10. The fraction of sp³-hybridized carbons (Fsp3) is 0.280. The molecule has 0 unspecified atom stereocenters. The van der Waals surface area contributed by atoms with Gasteiger partial charge < -0.3 is 4.18 Å². The summed E-state index contributed by atoms with van der Waals surface area (Å²) in [4.78, 5) is 0.823. The van der Waals surface area contributed by atoms with Crippen molar-refractivity contribution in [3.63, 3.8) is 0 Å². The summed E-state index contributed by atoms with van der Waals surface area (Å²) < 4.78 is 57.3. The Balaban J connectivity index is 2.03. The average Bonchev–Trinajstić information content (AvgIpc) is 2.69. The van der Waals surface area contributed by atoms with Gasteiger partial charge in [0.05, 0.1) is 4.90 Å². The molecule has 3 aromatic carbocycles. The van der Waals surface area contributed by atoms with Crippen LogP contribution in [-0.2, 0) is 24.4 Å². The molecule has 0 amide bonds. The fourth-order valence-electron chi connectivity index (χ4n) is 3.15. The Morgan fingerprint density at radius 1 is 0.727 bits per heavy atom. The molecule has 0 saturated heterocycles. The van der Waals surface area contributed by atoms with Crippen molar-refractivity contribution >= 4 is 29.8 Å². The van der Waals surface area contributed by atoms with Gasteiger partial charge in [-0.2, -0.15) is 8.42 Å². The van der Waals surface area contributed by atoms with Crippen LogP contribution in [0.1, 0.15) is 43.0 Å². The molecule has 0 atom stereocenters. The van der Waals surface area contributed by atoms with Crippen LogP contribution in [0.25, 0.3) is 0 Å². The van der Waals surface area contributed by atoms with Gasteiger partial charge in [0.1, 0.15) is 10.6 Å². The summed E-state index contributed by atoms with van der Waals surface area (Å²) in [5.41, 5.74) is 2.67. The normalized spacial score (nSPS) is 12.5. The van der Waals surface area contributed by atoms with Crippen LogP contribution in [0, 0.1) is 20.8 Å². The zero-order valence-corrected chi connectivity index (χ0v) is 22.0. The molecule has 0 aromatic heterocycles. The van der Waals surface area contributed by atoms with E-state index in [9.17, 15) is 16.8 Å². The minimum Gasteiger partial charge on any atom is -0.379 e. The maximum Gasteiger partial charge on any atom is 0.339 e. The van der Waals surface area contributed by atoms with Gasteiger partial charge in [0, 0.05) is 15.7 Å². The molecule has 0 spiro atoms. The smallest absolute Gasteiger partial charge is 0.339 e. The summed E-state index contributed by atoms with van der Waals surface area (Å²) in [5, 5.41) is 0. The lowest BCUT2D eigenvalue weighted by molar-refractivity contribution is 0.481. The molecule has 5 nitrogen and oxygen atoms in total. The molecule has 3 rings (SSSR count). The SMILES string of the molecule is Cc1ccc(S(=O)(=O)Oc2cc(C(C)(C)C)c(SS(=O)(=O)c3ccc(C)cc3)cc2C)cc1. The van der Waals surface area contributed by atoms with Gasteiger partial charge in [-0.15, -0.1) is 0 Å². The molecular weight excluding hydrogens is 476 g/mol. The molecule has 0 bridgehead atoms. The molecule has 0 saturated carbocycles. The Morgan fingerprint density at radius 2 is 1.21 bits per heavy atom. The first-order valence-corrected chi connectivity index (χ1v) is 14.6. The fourth-order valence-corrected chi connectivity index (χ4v) is 7.36. The standard InChI is InChI=1S/C25H28O5S3/c1-17-7-11-20(12-8-17)32(26,27)30-23-16-22(25(4,5)6)24(15-19(23)3)31-33(28,29)21-13-9-18(2)10-14-21/h7-16H,1-6H3. The van der Waals surface area contributed by atoms with Crippen LogP contribution in [0.5, 0.6) is 5.75 Å². The molecule has 176 valence electrons. The van der Waals surface area contributed by atoms with Gasteiger partial charge in [0.15, 0.2) is 0 Å². The van der Waals surface area contributed by atoms with Crippen molar-refractivity contribution in [1.29, 1.82) is 0 Å². The van der Waals surface area contributed by atoms with E-state index in [4.69, 9.17) is 4.18 Å². The van der Waals surface area contributed by atoms with Crippen LogP contribution in [0.3, 0.4) is 0 Å². The van der Waals surface area contributed by atoms with E-state index < -0.39 is 24.4 Å². The van der Waals surface area contributed by atoms with E-state index in [0.29, 0.717) is 16.0 Å². The maximum absolute atomic E-state index is 13.1. The lowest BCUT2D eigenvalue weighted by Gasteiger charge is -2.24. The Morgan fingerprint density at radius 3 is 1.70 bits per heavy atom. The van der Waals surface area contributed by atoms with E-state index in [1.807, 2.05) is 34.6 Å². The van der Waals surface area contributed by atoms with E-state index >= 15 is 0 Å². The number of benzene rings is 3. The van der Waals surface area contributed by atoms with Gasteiger partial charge in [-0.1, -0.05) is 56.2 Å². The van der Waals surface area contributed by atoms with Crippen LogP contribution < -0.4 is 4.18 Å². The molecule has 3 aromatic rings. The highest BCUT2D eigenvalue weighted by atomic mass is 33.1. The number of rotatable bonds is 6. The molecule has 0 heterocycles. The highest BCUT2D eigenvalue weighted by Gasteiger charge is 2.27. The third-order valence-corrected chi connectivity index (χ3v) is 9.71. The monoisotopic (exact) mass is 504 g/mol. The van der Waals surface area contributed by atoms with Gasteiger partial charge in [0.2, 0.25) is 8.87 Å². The summed E-state index contributed by atoms with van der Waals surface area (Å²) in [6.45, 7) is 11.3. The van der Waals surface area contributed by atoms with E-state index in [-0.39, 0.29) is 15.5 Å². The van der Waals surface area contributed by atoms with Crippen molar-refractivity contribution in [2.24, 2.45) is 0 Å². The van der Waals surface area contributed by atoms with Crippen LogP contribution in [0.15, 0.2) is 75.4 Å². The minimum absolute atomic E-state index is 0.0604. The molecular formula is C25H28O5S3. The Labute approximate surface area is 200 Å². The second-order valence-corrected chi connectivity index (χ2v) is 14.4. The maximum atomic E-state index is 13.1. The first kappa shape index (κ1) is 25.3. The second kappa shape index (κ2) is 9.16. The highest BCUT2D eigenvalue weighted by Crippen LogP contribution is 2.41. The predicted molar refractivity (Wildman–Crippen MR) is 133 cm³/mol. The number of hydrogen-bond donors (Lipinski definition) is 0. The Hall–Kier alpha value is -2.29. The first-order chi connectivity index (χ1) is 15.2.